The molecular formula is C38H46F4N6O9S. The van der Waals surface area contributed by atoms with E-state index < -0.39 is 129 Å². The van der Waals surface area contributed by atoms with Gasteiger partial charge in [0.2, 0.25) is 34.1 Å². The summed E-state index contributed by atoms with van der Waals surface area (Å²) >= 11 is 0. The quantitative estimate of drug-likeness (QED) is 0.283. The van der Waals surface area contributed by atoms with Crippen LogP contribution in [0.2, 0.25) is 0 Å². The van der Waals surface area contributed by atoms with Gasteiger partial charge in [0.15, 0.2) is 5.69 Å². The zero-order valence-corrected chi connectivity index (χ0v) is 33.1. The molecule has 316 valence electrons. The molecule has 3 saturated carbocycles. The molecule has 1 aromatic heterocycles. The molecule has 0 unspecified atom stereocenters. The lowest BCUT2D eigenvalue weighted by molar-refractivity contribution is -0.143. The number of aromatic nitrogens is 2. The van der Waals surface area contributed by atoms with E-state index in [0.29, 0.717) is 25.3 Å². The Kier molecular flexibility index (Phi) is 10.7. The van der Waals surface area contributed by atoms with Gasteiger partial charge >= 0.3 is 12.0 Å². The van der Waals surface area contributed by atoms with E-state index in [2.05, 4.69) is 20.6 Å². The SMILES string of the molecule is CC(C)(C)[C@@H]1NC(=O)O[C@@H]2CCC[C@H]2OCC=CC(F)(F)c2nc3ccccc3nc2O[C@@H]2C[C@@H](C(=O)N[C@]3(C(=O)NS(=O)(=O)C4(C)CC4)C[C@H]3C(F)F)N(C2)C1=O. The Balaban J connectivity index is 1.26. The van der Waals surface area contributed by atoms with Crippen molar-refractivity contribution in [2.45, 2.75) is 126 Å². The van der Waals surface area contributed by atoms with E-state index >= 15 is 8.78 Å². The number of hydrogen-bond acceptors (Lipinski definition) is 11. The number of fused-ring (bicyclic) bond motifs is 5. The van der Waals surface area contributed by atoms with Crippen LogP contribution < -0.4 is 20.1 Å². The van der Waals surface area contributed by atoms with Crippen molar-refractivity contribution in [3.8, 4) is 5.88 Å². The second-order valence-electron chi connectivity index (χ2n) is 17.1. The molecule has 5 aliphatic rings. The number of ether oxygens (including phenoxy) is 3. The predicted molar refractivity (Wildman–Crippen MR) is 197 cm³/mol. The number of hydrogen-bond donors (Lipinski definition) is 3. The number of halogens is 4. The topological polar surface area (TPSA) is 195 Å². The molecule has 0 radical (unpaired) electrons. The summed E-state index contributed by atoms with van der Waals surface area (Å²) in [4.78, 5) is 65.3. The summed E-state index contributed by atoms with van der Waals surface area (Å²) in [6, 6.07) is 3.27. The summed E-state index contributed by atoms with van der Waals surface area (Å²) in [5.74, 6) is -9.43. The van der Waals surface area contributed by atoms with Crippen molar-refractivity contribution >= 4 is 44.9 Å². The highest BCUT2D eigenvalue weighted by atomic mass is 32.2. The van der Waals surface area contributed by atoms with Crippen molar-refractivity contribution in [3.05, 3.63) is 42.1 Å². The molecule has 15 nitrogen and oxygen atoms in total. The summed E-state index contributed by atoms with van der Waals surface area (Å²) < 4.78 is 105. The van der Waals surface area contributed by atoms with Crippen LogP contribution >= 0.6 is 0 Å². The maximum atomic E-state index is 16.1. The van der Waals surface area contributed by atoms with E-state index in [1.165, 1.54) is 19.1 Å². The fourth-order valence-corrected chi connectivity index (χ4v) is 9.04. The molecule has 3 N–H and O–H groups in total. The van der Waals surface area contributed by atoms with E-state index in [1.54, 1.807) is 32.9 Å². The van der Waals surface area contributed by atoms with Gasteiger partial charge in [-0.3, -0.25) is 19.1 Å². The van der Waals surface area contributed by atoms with Gasteiger partial charge in [0.1, 0.15) is 29.8 Å². The van der Waals surface area contributed by atoms with Crippen LogP contribution in [-0.2, 0) is 39.8 Å². The van der Waals surface area contributed by atoms with E-state index in [0.717, 1.165) is 11.0 Å². The number of carbonyl (C=O) groups excluding carboxylic acids is 4. The monoisotopic (exact) mass is 838 g/mol. The summed E-state index contributed by atoms with van der Waals surface area (Å²) in [6.07, 6.45) is -4.10. The zero-order chi connectivity index (χ0) is 42.0. The maximum absolute atomic E-state index is 16.1. The Hall–Kier alpha value is -4.59. The van der Waals surface area contributed by atoms with Crippen LogP contribution in [0.25, 0.3) is 11.0 Å². The van der Waals surface area contributed by atoms with Crippen LogP contribution in [0.1, 0.15) is 78.3 Å². The summed E-state index contributed by atoms with van der Waals surface area (Å²) in [6.45, 7) is 5.63. The van der Waals surface area contributed by atoms with Gasteiger partial charge in [-0.1, -0.05) is 39.0 Å². The molecule has 2 bridgehead atoms. The molecule has 7 rings (SSSR count). The van der Waals surface area contributed by atoms with Crippen molar-refractivity contribution in [3.63, 3.8) is 0 Å². The number of carbonyl (C=O) groups is 4. The van der Waals surface area contributed by atoms with Gasteiger partial charge in [-0.25, -0.2) is 32.0 Å². The molecule has 4 amide bonds. The van der Waals surface area contributed by atoms with Gasteiger partial charge < -0.3 is 29.7 Å². The van der Waals surface area contributed by atoms with Crippen molar-refractivity contribution < 1.29 is 59.4 Å². The number of alkyl halides is 4. The minimum Gasteiger partial charge on any atom is -0.471 e. The van der Waals surface area contributed by atoms with Crippen LogP contribution in [0.3, 0.4) is 0 Å². The number of amides is 4. The number of rotatable bonds is 6. The first-order valence-electron chi connectivity index (χ1n) is 19.2. The minimum absolute atomic E-state index is 0.130. The van der Waals surface area contributed by atoms with Gasteiger partial charge in [0.05, 0.1) is 41.0 Å². The van der Waals surface area contributed by atoms with Crippen molar-refractivity contribution in [2.24, 2.45) is 11.3 Å². The largest absolute Gasteiger partial charge is 0.471 e. The molecule has 7 atom stereocenters. The van der Waals surface area contributed by atoms with E-state index in [4.69, 9.17) is 14.2 Å². The second-order valence-corrected chi connectivity index (χ2v) is 19.3. The molecule has 2 aliphatic heterocycles. The predicted octanol–water partition coefficient (Wildman–Crippen LogP) is 3.86. The molecule has 4 fully saturated rings. The van der Waals surface area contributed by atoms with Gasteiger partial charge in [-0.2, -0.15) is 8.78 Å². The lowest BCUT2D eigenvalue weighted by Crippen LogP contribution is -2.60. The third kappa shape index (κ3) is 8.05. The molecular weight excluding hydrogens is 793 g/mol. The molecule has 3 aliphatic carbocycles. The smallest absolute Gasteiger partial charge is 0.408 e. The Morgan fingerprint density at radius 1 is 1.03 bits per heavy atom. The molecule has 1 saturated heterocycles. The Morgan fingerprint density at radius 3 is 2.34 bits per heavy atom. The molecule has 0 spiro atoms. The van der Waals surface area contributed by atoms with Gasteiger partial charge in [0, 0.05) is 6.42 Å². The van der Waals surface area contributed by atoms with Gasteiger partial charge in [0.25, 0.3) is 5.91 Å². The first-order chi connectivity index (χ1) is 27.1. The number of nitrogens with one attached hydrogen (secondary N) is 3. The highest BCUT2D eigenvalue weighted by Crippen LogP contribution is 2.49. The average Bonchev–Trinajstić information content (AvgIpc) is 3.97. The van der Waals surface area contributed by atoms with E-state index in [-0.39, 0.29) is 30.5 Å². The van der Waals surface area contributed by atoms with Crippen LogP contribution in [-0.4, -0.2) is 107 Å². The average molecular weight is 839 g/mol. The lowest BCUT2D eigenvalue weighted by Gasteiger charge is -2.35. The van der Waals surface area contributed by atoms with Gasteiger partial charge in [-0.15, -0.1) is 0 Å². The highest BCUT2D eigenvalue weighted by Gasteiger charge is 2.67. The minimum atomic E-state index is -4.30. The standard InChI is InChI=1S/C38H46F4N6O9S/c1-35(2,3)28-32(50)48-19-20(17-24(48)30(49)46-37(18-21(37)29(39)40)33(51)47-58(53,54)36(4)14-15-36)56-31-27(43-22-9-5-6-10-23(22)44-31)38(41,42)13-8-16-55-25-11-7-12-26(25)57-34(52)45-28/h5-6,8-10,13,20-21,24-26,28-29H,7,11-12,14-19H2,1-4H3,(H,45,52)(H,46,49)(H,47,51)/t20-,21+,24+,25-,26-,28-,37-/m1/s1. The first-order valence-corrected chi connectivity index (χ1v) is 20.7. The number of sulfonamides is 1. The zero-order valence-electron chi connectivity index (χ0n) is 32.3. The molecule has 1 aromatic carbocycles. The fourth-order valence-electron chi connectivity index (χ4n) is 7.73. The number of allylic oxidation sites excluding steroid dienone is 1. The lowest BCUT2D eigenvalue weighted by atomic mass is 9.85. The Bertz CT molecular complexity index is 2130. The third-order valence-electron chi connectivity index (χ3n) is 11.6. The Morgan fingerprint density at radius 2 is 1.71 bits per heavy atom. The molecule has 3 heterocycles. The van der Waals surface area contributed by atoms with Crippen LogP contribution in [0, 0.1) is 11.3 Å². The number of benzene rings is 1. The molecule has 20 heteroatoms. The Labute approximate surface area is 332 Å². The number of alkyl carbamates (subject to hydrolysis) is 1. The van der Waals surface area contributed by atoms with E-state index in [1.807, 2.05) is 4.72 Å². The highest BCUT2D eigenvalue weighted by molar-refractivity contribution is 7.91. The summed E-state index contributed by atoms with van der Waals surface area (Å²) in [7, 11) is -4.30. The summed E-state index contributed by atoms with van der Waals surface area (Å²) in [5, 5.41) is 4.94. The number of nitrogens with zero attached hydrogens (tertiary/aromatic N) is 3. The van der Waals surface area contributed by atoms with Crippen molar-refractivity contribution in [1.82, 2.24) is 30.2 Å². The van der Waals surface area contributed by atoms with Crippen LogP contribution in [0.5, 0.6) is 5.88 Å². The summed E-state index contributed by atoms with van der Waals surface area (Å²) in [5.41, 5.74) is -3.91. The fraction of sp³-hybridized carbons (Fsp3) is 0.632. The molecule has 2 aromatic rings. The number of para-hydroxylation sites is 2. The van der Waals surface area contributed by atoms with Crippen LogP contribution in [0.4, 0.5) is 22.4 Å². The second kappa shape index (κ2) is 14.9. The molecule has 58 heavy (non-hydrogen) atoms. The van der Waals surface area contributed by atoms with Crippen molar-refractivity contribution in [1.29, 1.82) is 0 Å². The van der Waals surface area contributed by atoms with Crippen LogP contribution in [0.15, 0.2) is 36.4 Å². The third-order valence-corrected chi connectivity index (χ3v) is 13.8. The van der Waals surface area contributed by atoms with Gasteiger partial charge in [-0.05, 0) is 69.1 Å². The van der Waals surface area contributed by atoms with Crippen molar-refractivity contribution in [2.75, 3.05) is 13.2 Å². The normalized spacial score (nSPS) is 30.9. The first kappa shape index (κ1) is 41.6. The maximum Gasteiger partial charge on any atom is 0.408 e. The van der Waals surface area contributed by atoms with E-state index in [9.17, 15) is 36.4 Å².